The molecule has 100 valence electrons. The number of benzene rings is 1. The molecule has 1 unspecified atom stereocenters. The average Bonchev–Trinajstić information content (AvgIpc) is 2.86. The summed E-state index contributed by atoms with van der Waals surface area (Å²) in [5.41, 5.74) is 0.618. The van der Waals surface area contributed by atoms with Gasteiger partial charge in [0.2, 0.25) is 5.89 Å². The molecule has 1 heterocycles. The lowest BCUT2D eigenvalue weighted by Gasteiger charge is -2.04. The molecular formula is C12H12BrN3O3. The van der Waals surface area contributed by atoms with Gasteiger partial charge in [-0.05, 0) is 20.0 Å². The number of nitrogens with one attached hydrogen (secondary N) is 1. The number of halogens is 1. The van der Waals surface area contributed by atoms with E-state index in [2.05, 4.69) is 26.2 Å². The Morgan fingerprint density at radius 3 is 2.84 bits per heavy atom. The SMILES string of the molecule is CNC(C)c1ncc(-c2cc(Br)cc([N+](=O)[O-])c2)o1. The summed E-state index contributed by atoms with van der Waals surface area (Å²) in [6.07, 6.45) is 1.56. The molecule has 1 aromatic carbocycles. The first kappa shape index (κ1) is 13.7. The van der Waals surface area contributed by atoms with Gasteiger partial charge in [0.05, 0.1) is 17.2 Å². The average molecular weight is 326 g/mol. The van der Waals surface area contributed by atoms with E-state index in [1.54, 1.807) is 19.3 Å². The van der Waals surface area contributed by atoms with Crippen LogP contribution in [0.4, 0.5) is 5.69 Å². The Morgan fingerprint density at radius 1 is 1.47 bits per heavy atom. The Hall–Kier alpha value is -1.73. The lowest BCUT2D eigenvalue weighted by molar-refractivity contribution is -0.384. The third-order valence-corrected chi connectivity index (χ3v) is 3.16. The van der Waals surface area contributed by atoms with Gasteiger partial charge in [-0.2, -0.15) is 0 Å². The normalized spacial score (nSPS) is 12.4. The Bertz CT molecular complexity index is 612. The lowest BCUT2D eigenvalue weighted by Crippen LogP contribution is -2.12. The lowest BCUT2D eigenvalue weighted by atomic mass is 10.1. The second kappa shape index (κ2) is 5.50. The van der Waals surface area contributed by atoms with Crippen LogP contribution in [0.5, 0.6) is 0 Å². The van der Waals surface area contributed by atoms with E-state index in [1.165, 1.54) is 12.1 Å². The van der Waals surface area contributed by atoms with Crippen molar-refractivity contribution in [3.8, 4) is 11.3 Å². The van der Waals surface area contributed by atoms with Crippen molar-refractivity contribution in [1.82, 2.24) is 10.3 Å². The number of aromatic nitrogens is 1. The van der Waals surface area contributed by atoms with Gasteiger partial charge < -0.3 is 9.73 Å². The Morgan fingerprint density at radius 2 is 2.21 bits per heavy atom. The molecule has 19 heavy (non-hydrogen) atoms. The van der Waals surface area contributed by atoms with Crippen molar-refractivity contribution in [3.63, 3.8) is 0 Å². The fraction of sp³-hybridized carbons (Fsp3) is 0.250. The van der Waals surface area contributed by atoms with Gasteiger partial charge in [-0.1, -0.05) is 15.9 Å². The second-order valence-electron chi connectivity index (χ2n) is 4.03. The molecule has 6 nitrogen and oxygen atoms in total. The molecule has 7 heteroatoms. The van der Waals surface area contributed by atoms with E-state index in [1.807, 2.05) is 6.92 Å². The highest BCUT2D eigenvalue weighted by molar-refractivity contribution is 9.10. The van der Waals surface area contributed by atoms with E-state index in [-0.39, 0.29) is 11.7 Å². The highest BCUT2D eigenvalue weighted by Crippen LogP contribution is 2.29. The Balaban J connectivity index is 2.41. The summed E-state index contributed by atoms with van der Waals surface area (Å²) < 4.78 is 6.22. The van der Waals surface area contributed by atoms with Gasteiger partial charge in [-0.25, -0.2) is 4.98 Å². The van der Waals surface area contributed by atoms with Crippen molar-refractivity contribution in [2.24, 2.45) is 0 Å². The summed E-state index contributed by atoms with van der Waals surface area (Å²) in [7, 11) is 1.80. The van der Waals surface area contributed by atoms with Crippen LogP contribution in [0, 0.1) is 10.1 Å². The van der Waals surface area contributed by atoms with E-state index in [0.29, 0.717) is 21.7 Å². The van der Waals surface area contributed by atoms with Crippen molar-refractivity contribution in [2.45, 2.75) is 13.0 Å². The second-order valence-corrected chi connectivity index (χ2v) is 4.94. The van der Waals surface area contributed by atoms with Gasteiger partial charge in [0, 0.05) is 22.2 Å². The van der Waals surface area contributed by atoms with Crippen LogP contribution in [0.2, 0.25) is 0 Å². The van der Waals surface area contributed by atoms with Gasteiger partial charge in [0.25, 0.3) is 5.69 Å². The molecule has 1 atom stereocenters. The first-order valence-electron chi connectivity index (χ1n) is 5.59. The maximum atomic E-state index is 10.8. The zero-order valence-corrected chi connectivity index (χ0v) is 12.0. The highest BCUT2D eigenvalue weighted by atomic mass is 79.9. The molecule has 2 rings (SSSR count). The molecule has 0 aliphatic carbocycles. The maximum absolute atomic E-state index is 10.8. The van der Waals surface area contributed by atoms with Crippen molar-refractivity contribution >= 4 is 21.6 Å². The largest absolute Gasteiger partial charge is 0.439 e. The molecule has 0 aliphatic heterocycles. The van der Waals surface area contributed by atoms with Crippen LogP contribution in [-0.2, 0) is 0 Å². The number of nitrogens with zero attached hydrogens (tertiary/aromatic N) is 2. The maximum Gasteiger partial charge on any atom is 0.271 e. The van der Waals surface area contributed by atoms with E-state index >= 15 is 0 Å². The minimum atomic E-state index is -0.443. The number of non-ortho nitro benzene ring substituents is 1. The monoisotopic (exact) mass is 325 g/mol. The summed E-state index contributed by atoms with van der Waals surface area (Å²) in [5.74, 6) is 1.04. The Labute approximate surface area is 118 Å². The minimum Gasteiger partial charge on any atom is -0.439 e. The molecule has 0 radical (unpaired) electrons. The van der Waals surface area contributed by atoms with Crippen molar-refractivity contribution < 1.29 is 9.34 Å². The molecular weight excluding hydrogens is 314 g/mol. The number of hydrogen-bond acceptors (Lipinski definition) is 5. The summed E-state index contributed by atoms with van der Waals surface area (Å²) in [5, 5.41) is 13.8. The van der Waals surface area contributed by atoms with E-state index < -0.39 is 4.92 Å². The Kier molecular flexibility index (Phi) is 3.96. The van der Waals surface area contributed by atoms with E-state index in [9.17, 15) is 10.1 Å². The zero-order chi connectivity index (χ0) is 14.0. The van der Waals surface area contributed by atoms with Crippen LogP contribution in [0.25, 0.3) is 11.3 Å². The number of nitro benzene ring substituents is 1. The number of nitro groups is 1. The van der Waals surface area contributed by atoms with Gasteiger partial charge in [0.1, 0.15) is 0 Å². The van der Waals surface area contributed by atoms with Crippen molar-refractivity contribution in [1.29, 1.82) is 0 Å². The molecule has 2 aromatic rings. The number of rotatable bonds is 4. The van der Waals surface area contributed by atoms with Crippen LogP contribution >= 0.6 is 15.9 Å². The quantitative estimate of drug-likeness (QED) is 0.689. The van der Waals surface area contributed by atoms with Crippen LogP contribution in [0.1, 0.15) is 18.9 Å². The summed E-state index contributed by atoms with van der Waals surface area (Å²) in [6.45, 7) is 1.92. The predicted octanol–water partition coefficient (Wildman–Crippen LogP) is 3.29. The first-order valence-corrected chi connectivity index (χ1v) is 6.39. The smallest absolute Gasteiger partial charge is 0.271 e. The third kappa shape index (κ3) is 2.99. The van der Waals surface area contributed by atoms with Crippen LogP contribution in [0.3, 0.4) is 0 Å². The molecule has 0 saturated heterocycles. The fourth-order valence-electron chi connectivity index (χ4n) is 1.57. The molecule has 0 spiro atoms. The molecule has 1 aromatic heterocycles. The van der Waals surface area contributed by atoms with Crippen LogP contribution in [0.15, 0.2) is 33.3 Å². The highest BCUT2D eigenvalue weighted by Gasteiger charge is 2.15. The van der Waals surface area contributed by atoms with Gasteiger partial charge >= 0.3 is 0 Å². The van der Waals surface area contributed by atoms with Gasteiger partial charge in [-0.15, -0.1) is 0 Å². The minimum absolute atomic E-state index is 0.00369. The van der Waals surface area contributed by atoms with Gasteiger partial charge in [0.15, 0.2) is 5.76 Å². The molecule has 0 aliphatic rings. The summed E-state index contributed by atoms with van der Waals surface area (Å²) >= 11 is 3.25. The third-order valence-electron chi connectivity index (χ3n) is 2.70. The number of hydrogen-bond donors (Lipinski definition) is 1. The van der Waals surface area contributed by atoms with Crippen LogP contribution in [-0.4, -0.2) is 17.0 Å². The first-order chi connectivity index (χ1) is 9.01. The molecule has 0 bridgehead atoms. The van der Waals surface area contributed by atoms with E-state index in [4.69, 9.17) is 4.42 Å². The molecule has 0 fully saturated rings. The topological polar surface area (TPSA) is 81.2 Å². The summed E-state index contributed by atoms with van der Waals surface area (Å²) in [4.78, 5) is 14.5. The summed E-state index contributed by atoms with van der Waals surface area (Å²) in [6, 6.07) is 4.63. The van der Waals surface area contributed by atoms with Crippen molar-refractivity contribution in [2.75, 3.05) is 7.05 Å². The zero-order valence-electron chi connectivity index (χ0n) is 10.4. The van der Waals surface area contributed by atoms with Gasteiger partial charge in [-0.3, -0.25) is 10.1 Å². The van der Waals surface area contributed by atoms with E-state index in [0.717, 1.165) is 0 Å². The fourth-order valence-corrected chi connectivity index (χ4v) is 2.05. The molecule has 0 amide bonds. The standard InChI is InChI=1S/C12H12BrN3O3/c1-7(14-2)12-15-6-11(19-12)8-3-9(13)5-10(4-8)16(17)18/h3-7,14H,1-2H3. The predicted molar refractivity (Wildman–Crippen MR) is 73.8 cm³/mol. The number of oxazole rings is 1. The van der Waals surface area contributed by atoms with Crippen molar-refractivity contribution in [3.05, 3.63) is 44.9 Å². The molecule has 0 saturated carbocycles. The van der Waals surface area contributed by atoms with Crippen LogP contribution < -0.4 is 5.32 Å². The molecule has 1 N–H and O–H groups in total.